The Kier molecular flexibility index (Phi) is 2.78. The van der Waals surface area contributed by atoms with Gasteiger partial charge in [-0.05, 0) is 0 Å². The van der Waals surface area contributed by atoms with E-state index < -0.39 is 20.0 Å². The maximum absolute atomic E-state index is 14.0. The fourth-order valence-electron chi connectivity index (χ4n) is 2.14. The molecule has 1 aromatic rings. The average molecular weight is 396 g/mol. The SMILES string of the molecule is Cc1cc(C)[c]([Bi]([CH3])([CH3])([F])[F])c(C)c1. The van der Waals surface area contributed by atoms with Crippen molar-refractivity contribution in [3.8, 4) is 0 Å². The van der Waals surface area contributed by atoms with Crippen LogP contribution in [0.1, 0.15) is 16.7 Å². The van der Waals surface area contributed by atoms with Crippen molar-refractivity contribution in [1.29, 1.82) is 0 Å². The normalized spacial score (nSPS) is 14.9. The third kappa shape index (κ3) is 2.50. The molecule has 3 heteroatoms. The Morgan fingerprint density at radius 2 is 1.29 bits per heavy atom. The van der Waals surface area contributed by atoms with Gasteiger partial charge in [0.25, 0.3) is 0 Å². The predicted octanol–water partition coefficient (Wildman–Crippen LogP) is 3.41. The predicted molar refractivity (Wildman–Crippen MR) is 60.0 cm³/mol. The van der Waals surface area contributed by atoms with E-state index in [1.807, 2.05) is 19.1 Å². The van der Waals surface area contributed by atoms with Crippen LogP contribution >= 0.6 is 0 Å². The van der Waals surface area contributed by atoms with Gasteiger partial charge in [0.2, 0.25) is 0 Å². The van der Waals surface area contributed by atoms with Gasteiger partial charge in [0.05, 0.1) is 0 Å². The van der Waals surface area contributed by atoms with Crippen molar-refractivity contribution in [2.24, 2.45) is 0 Å². The third-order valence-corrected chi connectivity index (χ3v) is 9.79. The van der Waals surface area contributed by atoms with Gasteiger partial charge in [0.15, 0.2) is 0 Å². The molecule has 0 bridgehead atoms. The van der Waals surface area contributed by atoms with Gasteiger partial charge in [-0.2, -0.15) is 0 Å². The molecular weight excluding hydrogens is 379 g/mol. The van der Waals surface area contributed by atoms with Gasteiger partial charge in [-0.1, -0.05) is 0 Å². The van der Waals surface area contributed by atoms with Gasteiger partial charge in [0, 0.05) is 0 Å². The number of aryl methyl sites for hydroxylation is 3. The third-order valence-electron chi connectivity index (χ3n) is 2.25. The molecule has 14 heavy (non-hydrogen) atoms. The molecule has 0 aromatic heterocycles. The van der Waals surface area contributed by atoms with Crippen molar-refractivity contribution < 1.29 is 5.25 Å². The summed E-state index contributed by atoms with van der Waals surface area (Å²) in [7, 11) is 0. The van der Waals surface area contributed by atoms with Crippen LogP contribution in [0.5, 0.6) is 0 Å². The first-order valence-electron chi connectivity index (χ1n) is 4.61. The number of benzene rings is 1. The first kappa shape index (κ1) is 12.0. The molecule has 80 valence electrons. The van der Waals surface area contributed by atoms with Gasteiger partial charge in [0.1, 0.15) is 0 Å². The minimum absolute atomic E-state index is 0.363. The van der Waals surface area contributed by atoms with E-state index in [9.17, 15) is 5.25 Å². The Labute approximate surface area is 87.2 Å². The van der Waals surface area contributed by atoms with Gasteiger partial charge in [-0.15, -0.1) is 0 Å². The summed E-state index contributed by atoms with van der Waals surface area (Å²) >= 11 is -5.54. The summed E-state index contributed by atoms with van der Waals surface area (Å²) in [5.41, 5.74) is 2.57. The second-order valence-electron chi connectivity index (χ2n) is 4.55. The Morgan fingerprint density at radius 3 is 1.57 bits per heavy atom. The quantitative estimate of drug-likeness (QED) is 0.639. The van der Waals surface area contributed by atoms with Crippen molar-refractivity contribution in [2.45, 2.75) is 30.0 Å². The molecule has 0 saturated carbocycles. The van der Waals surface area contributed by atoms with Crippen molar-refractivity contribution in [2.75, 3.05) is 0 Å². The Hall–Kier alpha value is -0.0369. The van der Waals surface area contributed by atoms with E-state index in [0.29, 0.717) is 3.27 Å². The molecule has 0 atom stereocenters. The molecular formula is C11H17BiF2. The van der Waals surface area contributed by atoms with Crippen LogP contribution in [0.4, 0.5) is 5.25 Å². The van der Waals surface area contributed by atoms with Crippen molar-refractivity contribution in [3.05, 3.63) is 28.8 Å². The summed E-state index contributed by atoms with van der Waals surface area (Å²) in [6, 6.07) is 3.70. The summed E-state index contributed by atoms with van der Waals surface area (Å²) in [5, 5.41) is 0. The molecule has 1 aromatic carbocycles. The second kappa shape index (κ2) is 3.23. The van der Waals surface area contributed by atoms with E-state index in [1.165, 1.54) is 9.26 Å². The Bertz CT molecular complexity index is 342. The fourth-order valence-corrected chi connectivity index (χ4v) is 10.2. The molecule has 0 fully saturated rings. The molecule has 0 aliphatic carbocycles. The van der Waals surface area contributed by atoms with Gasteiger partial charge in [-0.25, -0.2) is 0 Å². The molecule has 0 radical (unpaired) electrons. The Morgan fingerprint density at radius 1 is 0.929 bits per heavy atom. The molecule has 0 amide bonds. The minimum atomic E-state index is -5.54. The summed E-state index contributed by atoms with van der Waals surface area (Å²) < 4.78 is 30.7. The zero-order valence-corrected chi connectivity index (χ0v) is 12.8. The van der Waals surface area contributed by atoms with Crippen LogP contribution < -0.4 is 3.27 Å². The summed E-state index contributed by atoms with van der Waals surface area (Å²) in [5.74, 6) is 0. The molecule has 0 spiro atoms. The number of hydrogen-bond donors (Lipinski definition) is 0. The van der Waals surface area contributed by atoms with Gasteiger partial charge < -0.3 is 0 Å². The maximum atomic E-state index is 14.0. The molecule has 0 heterocycles. The molecule has 0 N–H and O–H groups in total. The van der Waals surface area contributed by atoms with Crippen LogP contribution in [0.15, 0.2) is 12.1 Å². The molecule has 1 rings (SSSR count). The van der Waals surface area contributed by atoms with Gasteiger partial charge >= 0.3 is 87.4 Å². The number of hydrogen-bond acceptors (Lipinski definition) is 0. The van der Waals surface area contributed by atoms with Crippen molar-refractivity contribution in [1.82, 2.24) is 0 Å². The van der Waals surface area contributed by atoms with E-state index in [4.69, 9.17) is 0 Å². The second-order valence-corrected chi connectivity index (χ2v) is 20.3. The zero-order valence-electron chi connectivity index (χ0n) is 9.36. The number of halogens is 2. The summed E-state index contributed by atoms with van der Waals surface area (Å²) in [6.07, 6.45) is 0. The molecule has 0 nitrogen and oxygen atoms in total. The summed E-state index contributed by atoms with van der Waals surface area (Å²) in [4.78, 5) is 0. The standard InChI is InChI=1S/C9H11.2CH3.Bi.2FH/c1-7-4-8(2)6-9(3)5-7;;;;;/h4-5H,1-3H3;2*1H3;;2*1H/q;;;+2;;/p-2. The average Bonchev–Trinajstić information content (AvgIpc) is 1.76. The molecule has 0 unspecified atom stereocenters. The van der Waals surface area contributed by atoms with E-state index in [2.05, 4.69) is 0 Å². The monoisotopic (exact) mass is 396 g/mol. The molecule has 0 saturated heterocycles. The fraction of sp³-hybridized carbons (Fsp3) is 0.455. The molecule has 0 aliphatic rings. The Balaban J connectivity index is 3.52. The molecule has 0 aliphatic heterocycles. The van der Waals surface area contributed by atoms with Crippen LogP contribution in [-0.4, -0.2) is 20.0 Å². The van der Waals surface area contributed by atoms with Crippen LogP contribution in [0.3, 0.4) is 0 Å². The van der Waals surface area contributed by atoms with Crippen LogP contribution in [-0.2, 0) is 0 Å². The van der Waals surface area contributed by atoms with Crippen LogP contribution in [0.2, 0.25) is 9.26 Å². The van der Waals surface area contributed by atoms with Gasteiger partial charge in [-0.3, -0.25) is 0 Å². The van der Waals surface area contributed by atoms with Crippen LogP contribution in [0.25, 0.3) is 0 Å². The number of rotatable bonds is 1. The first-order chi connectivity index (χ1) is 6.08. The van der Waals surface area contributed by atoms with E-state index in [0.717, 1.165) is 16.7 Å². The van der Waals surface area contributed by atoms with E-state index in [-0.39, 0.29) is 0 Å². The topological polar surface area (TPSA) is 0 Å². The first-order valence-corrected chi connectivity index (χ1v) is 15.9. The van der Waals surface area contributed by atoms with E-state index in [1.54, 1.807) is 13.8 Å². The van der Waals surface area contributed by atoms with E-state index >= 15 is 0 Å². The van der Waals surface area contributed by atoms with Crippen molar-refractivity contribution >= 4 is 23.3 Å². The zero-order chi connectivity index (χ0) is 11.2. The summed E-state index contributed by atoms with van der Waals surface area (Å²) in [6.45, 7) is 5.52. The van der Waals surface area contributed by atoms with Crippen LogP contribution in [0, 0.1) is 20.8 Å². The van der Waals surface area contributed by atoms with Crippen molar-refractivity contribution in [3.63, 3.8) is 0 Å².